The van der Waals surface area contributed by atoms with Gasteiger partial charge in [-0.3, -0.25) is 4.79 Å². The molecule has 1 aromatic rings. The van der Waals surface area contributed by atoms with Crippen LogP contribution < -0.4 is 11.1 Å². The maximum absolute atomic E-state index is 13.5. The van der Waals surface area contributed by atoms with Gasteiger partial charge in [0.05, 0.1) is 5.69 Å². The first kappa shape index (κ1) is 17.5. The number of carbonyl (C=O) groups is 2. The number of benzene rings is 1. The highest BCUT2D eigenvalue weighted by Gasteiger charge is 2.16. The van der Waals surface area contributed by atoms with E-state index < -0.39 is 41.5 Å². The highest BCUT2D eigenvalue weighted by Crippen LogP contribution is 2.24. The lowest BCUT2D eigenvalue weighted by molar-refractivity contribution is -0.114. The number of nitrogens with two attached hydrogens (primary N) is 1. The van der Waals surface area contributed by atoms with Crippen molar-refractivity contribution in [2.24, 2.45) is 10.2 Å². The van der Waals surface area contributed by atoms with E-state index in [4.69, 9.17) is 10.5 Å². The predicted molar refractivity (Wildman–Crippen MR) is 75.4 cm³/mol. The van der Waals surface area contributed by atoms with Gasteiger partial charge in [-0.25, -0.2) is 13.6 Å². The van der Waals surface area contributed by atoms with Crippen LogP contribution in [-0.4, -0.2) is 24.1 Å². The second kappa shape index (κ2) is 6.92. The van der Waals surface area contributed by atoms with Crippen molar-refractivity contribution in [3.05, 3.63) is 23.8 Å². The third kappa shape index (κ3) is 5.43. The van der Waals surface area contributed by atoms with E-state index in [0.717, 1.165) is 12.1 Å². The van der Waals surface area contributed by atoms with Gasteiger partial charge >= 0.3 is 6.09 Å². The first-order chi connectivity index (χ1) is 10.1. The Labute approximate surface area is 125 Å². The number of carbonyl (C=O) groups excluding carboxylic acids is 2. The van der Waals surface area contributed by atoms with Crippen molar-refractivity contribution in [2.45, 2.75) is 26.4 Å². The Kier molecular flexibility index (Phi) is 5.50. The lowest BCUT2D eigenvalue weighted by Gasteiger charge is -2.16. The zero-order valence-electron chi connectivity index (χ0n) is 12.3. The molecule has 0 bridgehead atoms. The Morgan fingerprint density at radius 3 is 2.55 bits per heavy atom. The molecule has 0 aliphatic heterocycles. The molecule has 0 saturated heterocycles. The number of nitrogens with zero attached hydrogens (tertiary/aromatic N) is 2. The molecule has 0 atom stereocenters. The molecule has 120 valence electrons. The monoisotopic (exact) mass is 314 g/mol. The highest BCUT2D eigenvalue weighted by atomic mass is 19.2. The molecular weight excluding hydrogens is 298 g/mol. The van der Waals surface area contributed by atoms with Gasteiger partial charge < -0.3 is 15.8 Å². The fraction of sp³-hybridized carbons (Fsp3) is 0.385. The van der Waals surface area contributed by atoms with Crippen LogP contribution in [-0.2, 0) is 9.53 Å². The minimum Gasteiger partial charge on any atom is -0.441 e. The van der Waals surface area contributed by atoms with E-state index in [0.29, 0.717) is 0 Å². The Morgan fingerprint density at radius 2 is 1.95 bits per heavy atom. The van der Waals surface area contributed by atoms with Gasteiger partial charge in [-0.05, 0) is 32.9 Å². The van der Waals surface area contributed by atoms with Crippen molar-refractivity contribution >= 4 is 23.4 Å². The molecule has 0 aromatic heterocycles. The smallest absolute Gasteiger partial charge is 0.441 e. The van der Waals surface area contributed by atoms with Crippen molar-refractivity contribution in [1.29, 1.82) is 0 Å². The maximum atomic E-state index is 13.5. The van der Waals surface area contributed by atoms with E-state index in [1.54, 1.807) is 20.8 Å². The van der Waals surface area contributed by atoms with Gasteiger partial charge in [0.2, 0.25) is 5.91 Å². The fourth-order valence-corrected chi connectivity index (χ4v) is 1.31. The summed E-state index contributed by atoms with van der Waals surface area (Å²) in [5.41, 5.74) is 4.07. The van der Waals surface area contributed by atoms with E-state index in [-0.39, 0.29) is 5.69 Å². The van der Waals surface area contributed by atoms with Crippen LogP contribution in [0, 0.1) is 11.6 Å². The summed E-state index contributed by atoms with van der Waals surface area (Å²) in [6.07, 6.45) is -0.961. The summed E-state index contributed by atoms with van der Waals surface area (Å²) in [7, 11) is 0. The highest BCUT2D eigenvalue weighted by molar-refractivity contribution is 5.95. The van der Waals surface area contributed by atoms with E-state index in [2.05, 4.69) is 15.5 Å². The van der Waals surface area contributed by atoms with Gasteiger partial charge in [-0.2, -0.15) is 5.11 Å². The minimum atomic E-state index is -1.28. The molecular formula is C13H16F2N4O3. The van der Waals surface area contributed by atoms with Crippen LogP contribution in [0.2, 0.25) is 0 Å². The van der Waals surface area contributed by atoms with Crippen molar-refractivity contribution < 1.29 is 23.1 Å². The third-order valence-corrected chi connectivity index (χ3v) is 2.15. The normalized spacial score (nSPS) is 11.5. The van der Waals surface area contributed by atoms with Crippen LogP contribution in [0.15, 0.2) is 22.4 Å². The maximum Gasteiger partial charge on any atom is 0.452 e. The minimum absolute atomic E-state index is 0.142. The Balaban J connectivity index is 2.61. The number of nitrogen functional groups attached to an aromatic ring is 1. The van der Waals surface area contributed by atoms with Crippen LogP contribution in [0.4, 0.5) is 25.0 Å². The summed E-state index contributed by atoms with van der Waals surface area (Å²) < 4.78 is 31.3. The SMILES string of the molecule is CC(C)(C)OC(=O)N=NCC(=O)Nc1c(N)ccc(F)c1F. The van der Waals surface area contributed by atoms with Gasteiger partial charge in [-0.1, -0.05) is 5.11 Å². The molecule has 3 N–H and O–H groups in total. The van der Waals surface area contributed by atoms with Crippen LogP contribution in [0.3, 0.4) is 0 Å². The second-order valence-electron chi connectivity index (χ2n) is 5.25. The Morgan fingerprint density at radius 1 is 1.32 bits per heavy atom. The molecule has 0 heterocycles. The fourth-order valence-electron chi connectivity index (χ4n) is 1.31. The van der Waals surface area contributed by atoms with Crippen molar-refractivity contribution in [2.75, 3.05) is 17.6 Å². The molecule has 0 aliphatic rings. The molecule has 0 spiro atoms. The van der Waals surface area contributed by atoms with E-state index in [9.17, 15) is 18.4 Å². The molecule has 1 rings (SSSR count). The molecule has 22 heavy (non-hydrogen) atoms. The second-order valence-corrected chi connectivity index (χ2v) is 5.25. The molecule has 0 fully saturated rings. The number of hydrogen-bond acceptors (Lipinski definition) is 5. The zero-order valence-corrected chi connectivity index (χ0v) is 12.3. The standard InChI is InChI=1S/C13H16F2N4O3/c1-13(2,3)22-12(21)19-17-6-9(20)18-11-8(16)5-4-7(14)10(11)15/h4-5H,6,16H2,1-3H3,(H,18,20). The number of azo groups is 1. The molecule has 0 aliphatic carbocycles. The van der Waals surface area contributed by atoms with Gasteiger partial charge in [0.15, 0.2) is 11.6 Å². The van der Waals surface area contributed by atoms with Gasteiger partial charge in [0, 0.05) is 0 Å². The quantitative estimate of drug-likeness (QED) is 0.660. The molecule has 1 aromatic carbocycles. The third-order valence-electron chi connectivity index (χ3n) is 2.15. The number of ether oxygens (including phenoxy) is 1. The number of amides is 2. The largest absolute Gasteiger partial charge is 0.452 e. The number of rotatable bonds is 3. The molecule has 7 nitrogen and oxygen atoms in total. The van der Waals surface area contributed by atoms with E-state index >= 15 is 0 Å². The van der Waals surface area contributed by atoms with Crippen LogP contribution in [0.25, 0.3) is 0 Å². The number of hydrogen-bond donors (Lipinski definition) is 2. The zero-order chi connectivity index (χ0) is 16.9. The molecule has 0 saturated carbocycles. The number of anilines is 2. The Bertz CT molecular complexity index is 612. The first-order valence-corrected chi connectivity index (χ1v) is 6.24. The molecule has 0 radical (unpaired) electrons. The van der Waals surface area contributed by atoms with Crippen LogP contribution in [0.1, 0.15) is 20.8 Å². The lowest BCUT2D eigenvalue weighted by Crippen LogP contribution is -2.22. The summed E-state index contributed by atoms with van der Waals surface area (Å²) in [4.78, 5) is 22.7. The van der Waals surface area contributed by atoms with Crippen molar-refractivity contribution in [3.63, 3.8) is 0 Å². The average Bonchev–Trinajstić information content (AvgIpc) is 2.37. The number of halogens is 2. The molecule has 9 heteroatoms. The van der Waals surface area contributed by atoms with Crippen LogP contribution in [0.5, 0.6) is 0 Å². The first-order valence-electron chi connectivity index (χ1n) is 6.24. The summed E-state index contributed by atoms with van der Waals surface area (Å²) >= 11 is 0. The van der Waals surface area contributed by atoms with Crippen LogP contribution >= 0.6 is 0 Å². The topological polar surface area (TPSA) is 106 Å². The summed E-state index contributed by atoms with van der Waals surface area (Å²) in [6, 6.07) is 1.94. The molecule has 0 unspecified atom stereocenters. The summed E-state index contributed by atoms with van der Waals surface area (Å²) in [5.74, 6) is -3.25. The predicted octanol–water partition coefficient (Wildman–Crippen LogP) is 2.87. The van der Waals surface area contributed by atoms with Gasteiger partial charge in [0.25, 0.3) is 0 Å². The van der Waals surface area contributed by atoms with Crippen molar-refractivity contribution in [3.8, 4) is 0 Å². The number of nitrogens with one attached hydrogen (secondary N) is 1. The van der Waals surface area contributed by atoms with E-state index in [1.807, 2.05) is 0 Å². The molecule has 2 amide bonds. The summed E-state index contributed by atoms with van der Waals surface area (Å²) in [5, 5.41) is 8.53. The van der Waals surface area contributed by atoms with Gasteiger partial charge in [-0.15, -0.1) is 0 Å². The van der Waals surface area contributed by atoms with Crippen molar-refractivity contribution in [1.82, 2.24) is 0 Å². The lowest BCUT2D eigenvalue weighted by atomic mass is 10.2. The summed E-state index contributed by atoms with van der Waals surface area (Å²) in [6.45, 7) is 4.35. The van der Waals surface area contributed by atoms with E-state index in [1.165, 1.54) is 0 Å². The average molecular weight is 314 g/mol. The Hall–Kier alpha value is -2.58. The van der Waals surface area contributed by atoms with Gasteiger partial charge in [0.1, 0.15) is 17.8 Å².